The second kappa shape index (κ2) is 8.69. The molecule has 0 bridgehead atoms. The molecule has 2 aliphatic heterocycles. The molecule has 3 heterocycles. The van der Waals surface area contributed by atoms with Gasteiger partial charge < -0.3 is 10.2 Å². The standard InChI is InChI=1S/C20H26N4OS.ClH/c1-14-3-4-17(15(2)11-14)19-22-18(13-26-19)20(25)24-8-5-16(12-24)23-9-6-21-7-10-23;/h3-4,11,13,16,21H,5-10,12H2,1-2H3;1H. The van der Waals surface area contributed by atoms with Crippen molar-refractivity contribution in [1.29, 1.82) is 0 Å². The van der Waals surface area contributed by atoms with Crippen LogP contribution < -0.4 is 5.32 Å². The van der Waals surface area contributed by atoms with Gasteiger partial charge in [-0.2, -0.15) is 0 Å². The Hall–Kier alpha value is -1.47. The van der Waals surface area contributed by atoms with Gasteiger partial charge in [0.25, 0.3) is 5.91 Å². The second-order valence-corrected chi connectivity index (χ2v) is 8.19. The van der Waals surface area contributed by atoms with Crippen LogP contribution in [0.5, 0.6) is 0 Å². The molecule has 1 aromatic heterocycles. The molecule has 1 amide bonds. The van der Waals surface area contributed by atoms with Crippen molar-refractivity contribution in [2.45, 2.75) is 26.3 Å². The Labute approximate surface area is 171 Å². The first-order valence-electron chi connectivity index (χ1n) is 9.39. The highest BCUT2D eigenvalue weighted by Crippen LogP contribution is 2.28. The normalized spacial score (nSPS) is 20.5. The number of hydrogen-bond donors (Lipinski definition) is 1. The summed E-state index contributed by atoms with van der Waals surface area (Å²) in [5.41, 5.74) is 4.17. The highest BCUT2D eigenvalue weighted by molar-refractivity contribution is 7.13. The smallest absolute Gasteiger partial charge is 0.273 e. The molecule has 0 spiro atoms. The van der Waals surface area contributed by atoms with Crippen LogP contribution in [0.4, 0.5) is 0 Å². The van der Waals surface area contributed by atoms with E-state index in [4.69, 9.17) is 0 Å². The maximum Gasteiger partial charge on any atom is 0.273 e. The summed E-state index contributed by atoms with van der Waals surface area (Å²) in [4.78, 5) is 22.1. The Kier molecular flexibility index (Phi) is 6.52. The Morgan fingerprint density at radius 1 is 1.22 bits per heavy atom. The molecule has 2 aromatic rings. The third-order valence-electron chi connectivity index (χ3n) is 5.45. The Bertz CT molecular complexity index is 803. The molecule has 1 aromatic carbocycles. The third-order valence-corrected chi connectivity index (χ3v) is 6.33. The molecule has 5 nitrogen and oxygen atoms in total. The third kappa shape index (κ3) is 4.35. The maximum absolute atomic E-state index is 12.9. The number of nitrogens with zero attached hydrogens (tertiary/aromatic N) is 3. The number of aromatic nitrogens is 1. The van der Waals surface area contributed by atoms with Gasteiger partial charge in [0.15, 0.2) is 0 Å². The number of halogens is 1. The Morgan fingerprint density at radius 3 is 2.74 bits per heavy atom. The zero-order chi connectivity index (χ0) is 18.1. The van der Waals surface area contributed by atoms with Crippen LogP contribution in [0, 0.1) is 13.8 Å². The number of benzene rings is 1. The Balaban J connectivity index is 0.00000210. The van der Waals surface area contributed by atoms with Gasteiger partial charge in [0.1, 0.15) is 10.7 Å². The van der Waals surface area contributed by atoms with Crippen LogP contribution in [-0.2, 0) is 0 Å². The lowest BCUT2D eigenvalue weighted by molar-refractivity contribution is 0.0768. The molecule has 27 heavy (non-hydrogen) atoms. The zero-order valence-corrected chi connectivity index (χ0v) is 17.5. The fourth-order valence-electron chi connectivity index (χ4n) is 3.98. The lowest BCUT2D eigenvalue weighted by Crippen LogP contribution is -2.49. The monoisotopic (exact) mass is 406 g/mol. The van der Waals surface area contributed by atoms with Crippen molar-refractivity contribution in [1.82, 2.24) is 20.1 Å². The summed E-state index contributed by atoms with van der Waals surface area (Å²) in [6.07, 6.45) is 1.07. The summed E-state index contributed by atoms with van der Waals surface area (Å²) in [5.74, 6) is 0.0786. The lowest BCUT2D eigenvalue weighted by atomic mass is 10.1. The summed E-state index contributed by atoms with van der Waals surface area (Å²) >= 11 is 1.56. The van der Waals surface area contributed by atoms with Crippen molar-refractivity contribution >= 4 is 29.7 Å². The van der Waals surface area contributed by atoms with E-state index in [1.165, 1.54) is 11.1 Å². The molecule has 7 heteroatoms. The number of piperazine rings is 1. The van der Waals surface area contributed by atoms with Gasteiger partial charge in [-0.25, -0.2) is 4.98 Å². The average molecular weight is 407 g/mol. The average Bonchev–Trinajstić information content (AvgIpc) is 3.32. The van der Waals surface area contributed by atoms with Gasteiger partial charge in [-0.3, -0.25) is 9.69 Å². The predicted molar refractivity (Wildman–Crippen MR) is 113 cm³/mol. The molecule has 0 radical (unpaired) electrons. The van der Waals surface area contributed by atoms with Crippen molar-refractivity contribution in [3.63, 3.8) is 0 Å². The van der Waals surface area contributed by atoms with Crippen LogP contribution in [0.3, 0.4) is 0 Å². The van der Waals surface area contributed by atoms with Crippen LogP contribution in [0.25, 0.3) is 10.6 Å². The van der Waals surface area contributed by atoms with E-state index < -0.39 is 0 Å². The molecular formula is C20H27ClN4OS. The minimum atomic E-state index is 0. The van der Waals surface area contributed by atoms with Gasteiger partial charge >= 0.3 is 0 Å². The van der Waals surface area contributed by atoms with Gasteiger partial charge in [-0.1, -0.05) is 23.8 Å². The molecule has 2 saturated heterocycles. The van der Waals surface area contributed by atoms with Crippen LogP contribution in [0.1, 0.15) is 28.0 Å². The predicted octanol–water partition coefficient (Wildman–Crippen LogP) is 2.97. The van der Waals surface area contributed by atoms with E-state index in [0.29, 0.717) is 11.7 Å². The fraction of sp³-hybridized carbons (Fsp3) is 0.500. The molecule has 4 rings (SSSR count). The molecule has 1 unspecified atom stereocenters. The summed E-state index contributed by atoms with van der Waals surface area (Å²) in [6, 6.07) is 6.87. The number of hydrogen-bond acceptors (Lipinski definition) is 5. The van der Waals surface area contributed by atoms with Crippen molar-refractivity contribution in [3.05, 3.63) is 40.4 Å². The first-order valence-corrected chi connectivity index (χ1v) is 10.3. The van der Waals surface area contributed by atoms with Crippen molar-refractivity contribution < 1.29 is 4.79 Å². The molecule has 1 N–H and O–H groups in total. The minimum absolute atomic E-state index is 0. The summed E-state index contributed by atoms with van der Waals surface area (Å²) < 4.78 is 0. The number of nitrogens with one attached hydrogen (secondary N) is 1. The van der Waals surface area contributed by atoms with Crippen LogP contribution >= 0.6 is 23.7 Å². The van der Waals surface area contributed by atoms with Crippen molar-refractivity contribution in [3.8, 4) is 10.6 Å². The summed E-state index contributed by atoms with van der Waals surface area (Å²) in [5, 5.41) is 6.24. The van der Waals surface area contributed by atoms with Crippen LogP contribution in [0.2, 0.25) is 0 Å². The number of rotatable bonds is 3. The number of carbonyl (C=O) groups is 1. The molecule has 0 saturated carbocycles. The molecular weight excluding hydrogens is 380 g/mol. The van der Waals surface area contributed by atoms with E-state index in [0.717, 1.165) is 56.3 Å². The quantitative estimate of drug-likeness (QED) is 0.851. The van der Waals surface area contributed by atoms with E-state index in [-0.39, 0.29) is 18.3 Å². The second-order valence-electron chi connectivity index (χ2n) is 7.34. The molecule has 0 aliphatic carbocycles. The van der Waals surface area contributed by atoms with E-state index in [2.05, 4.69) is 47.2 Å². The largest absolute Gasteiger partial charge is 0.336 e. The molecule has 1 atom stereocenters. The SMILES string of the molecule is Cc1ccc(-c2nc(C(=O)N3CCC(N4CCNCC4)C3)cs2)c(C)c1.Cl. The number of amides is 1. The number of likely N-dealkylation sites (tertiary alicyclic amines) is 1. The lowest BCUT2D eigenvalue weighted by Gasteiger charge is -2.32. The number of aryl methyl sites for hydroxylation is 2. The first-order chi connectivity index (χ1) is 12.6. The van der Waals surface area contributed by atoms with E-state index >= 15 is 0 Å². The first kappa shape index (κ1) is 20.3. The fourth-order valence-corrected chi connectivity index (χ4v) is 4.87. The maximum atomic E-state index is 12.9. The van der Waals surface area contributed by atoms with Gasteiger partial charge in [-0.05, 0) is 25.8 Å². The minimum Gasteiger partial charge on any atom is -0.336 e. The van der Waals surface area contributed by atoms with Gasteiger partial charge in [-0.15, -0.1) is 23.7 Å². The van der Waals surface area contributed by atoms with Gasteiger partial charge in [0.2, 0.25) is 0 Å². The molecule has 146 valence electrons. The zero-order valence-electron chi connectivity index (χ0n) is 15.9. The van der Waals surface area contributed by atoms with E-state index in [1.807, 2.05) is 10.3 Å². The van der Waals surface area contributed by atoms with Gasteiger partial charge in [0.05, 0.1) is 0 Å². The van der Waals surface area contributed by atoms with Crippen LogP contribution in [0.15, 0.2) is 23.6 Å². The van der Waals surface area contributed by atoms with E-state index in [9.17, 15) is 4.79 Å². The summed E-state index contributed by atoms with van der Waals surface area (Å²) in [7, 11) is 0. The molecule has 2 fully saturated rings. The molecule has 2 aliphatic rings. The topological polar surface area (TPSA) is 48.5 Å². The van der Waals surface area contributed by atoms with Crippen molar-refractivity contribution in [2.24, 2.45) is 0 Å². The summed E-state index contributed by atoms with van der Waals surface area (Å²) in [6.45, 7) is 10.1. The highest BCUT2D eigenvalue weighted by atomic mass is 35.5. The number of carbonyl (C=O) groups excluding carboxylic acids is 1. The van der Waals surface area contributed by atoms with Crippen LogP contribution in [-0.4, -0.2) is 66.0 Å². The van der Waals surface area contributed by atoms with E-state index in [1.54, 1.807) is 11.3 Å². The Morgan fingerprint density at radius 2 is 2.00 bits per heavy atom. The van der Waals surface area contributed by atoms with Crippen molar-refractivity contribution in [2.75, 3.05) is 39.3 Å². The number of thiazole rings is 1. The van der Waals surface area contributed by atoms with Gasteiger partial charge in [0, 0.05) is 56.3 Å². The highest BCUT2D eigenvalue weighted by Gasteiger charge is 2.32.